The molecule has 0 spiro atoms. The van der Waals surface area contributed by atoms with Crippen LogP contribution in [0.5, 0.6) is 0 Å². The number of hydrogen-bond donors (Lipinski definition) is 2. The van der Waals surface area contributed by atoms with Crippen LogP contribution in [0.2, 0.25) is 0 Å². The predicted octanol–water partition coefficient (Wildman–Crippen LogP) is 0.842. The van der Waals surface area contributed by atoms with Gasteiger partial charge in [0.2, 0.25) is 5.91 Å². The summed E-state index contributed by atoms with van der Waals surface area (Å²) in [5.74, 6) is 0.323. The molecule has 0 radical (unpaired) electrons. The van der Waals surface area contributed by atoms with Crippen molar-refractivity contribution < 1.29 is 4.79 Å². The van der Waals surface area contributed by atoms with Crippen molar-refractivity contribution in [3.05, 3.63) is 18.7 Å². The van der Waals surface area contributed by atoms with Crippen LogP contribution in [-0.4, -0.2) is 35.1 Å². The molecular formula is C11H20Cl2N4O. The minimum atomic E-state index is 0. The van der Waals surface area contributed by atoms with Crippen LogP contribution in [0, 0.1) is 5.92 Å². The van der Waals surface area contributed by atoms with Crippen molar-refractivity contribution in [1.29, 1.82) is 0 Å². The first-order chi connectivity index (χ1) is 7.86. The summed E-state index contributed by atoms with van der Waals surface area (Å²) < 4.78 is 1.96. The number of carbonyl (C=O) groups is 1. The minimum Gasteiger partial charge on any atom is -0.354 e. The maximum absolute atomic E-state index is 11.8. The van der Waals surface area contributed by atoms with Gasteiger partial charge in [0.05, 0.1) is 12.2 Å². The molecule has 18 heavy (non-hydrogen) atoms. The maximum atomic E-state index is 11.8. The number of aromatic nitrogens is 2. The molecule has 2 rings (SSSR count). The minimum absolute atomic E-state index is 0. The number of amides is 1. The monoisotopic (exact) mass is 294 g/mol. The van der Waals surface area contributed by atoms with Crippen LogP contribution in [0.15, 0.2) is 18.7 Å². The predicted molar refractivity (Wildman–Crippen MR) is 75.3 cm³/mol. The molecule has 1 amide bonds. The molecule has 7 heteroatoms. The number of piperidine rings is 1. The van der Waals surface area contributed by atoms with Crippen molar-refractivity contribution in [2.24, 2.45) is 5.92 Å². The Morgan fingerprint density at radius 3 is 2.94 bits per heavy atom. The largest absolute Gasteiger partial charge is 0.354 e. The summed E-state index contributed by atoms with van der Waals surface area (Å²) in [6, 6.07) is 0. The Bertz CT molecular complexity index is 326. The van der Waals surface area contributed by atoms with E-state index in [0.717, 1.165) is 32.5 Å². The molecule has 0 aromatic carbocycles. The molecular weight excluding hydrogens is 275 g/mol. The van der Waals surface area contributed by atoms with Crippen LogP contribution in [0.25, 0.3) is 0 Å². The Hall–Kier alpha value is -0.780. The first-order valence-corrected chi connectivity index (χ1v) is 5.80. The second kappa shape index (κ2) is 9.19. The number of nitrogens with zero attached hydrogens (tertiary/aromatic N) is 2. The van der Waals surface area contributed by atoms with E-state index in [9.17, 15) is 4.79 Å². The van der Waals surface area contributed by atoms with Gasteiger partial charge in [0, 0.05) is 32.0 Å². The molecule has 2 N–H and O–H groups in total. The second-order valence-corrected chi connectivity index (χ2v) is 4.13. The second-order valence-electron chi connectivity index (χ2n) is 4.13. The lowest BCUT2D eigenvalue weighted by molar-refractivity contribution is -0.125. The first kappa shape index (κ1) is 17.2. The van der Waals surface area contributed by atoms with E-state index in [0.29, 0.717) is 6.54 Å². The molecule has 1 aliphatic heterocycles. The highest BCUT2D eigenvalue weighted by atomic mass is 35.5. The van der Waals surface area contributed by atoms with E-state index in [-0.39, 0.29) is 36.6 Å². The summed E-state index contributed by atoms with van der Waals surface area (Å²) in [4.78, 5) is 15.7. The van der Waals surface area contributed by atoms with Crippen molar-refractivity contribution in [1.82, 2.24) is 20.2 Å². The van der Waals surface area contributed by atoms with E-state index in [4.69, 9.17) is 0 Å². The van der Waals surface area contributed by atoms with Gasteiger partial charge in [-0.25, -0.2) is 4.98 Å². The first-order valence-electron chi connectivity index (χ1n) is 5.80. The lowest BCUT2D eigenvalue weighted by Crippen LogP contribution is -2.41. The lowest BCUT2D eigenvalue weighted by atomic mass is 9.99. The normalized spacial score (nSPS) is 18.3. The summed E-state index contributed by atoms with van der Waals surface area (Å²) in [5.41, 5.74) is 0. The van der Waals surface area contributed by atoms with E-state index in [1.165, 1.54) is 0 Å². The summed E-state index contributed by atoms with van der Waals surface area (Å²) in [6.45, 7) is 3.31. The molecule has 1 saturated heterocycles. The number of nitrogens with one attached hydrogen (secondary N) is 2. The molecule has 5 nitrogen and oxygen atoms in total. The molecule has 0 saturated carbocycles. The Balaban J connectivity index is 0.00000144. The quantitative estimate of drug-likeness (QED) is 0.865. The third-order valence-electron chi connectivity index (χ3n) is 2.90. The molecule has 1 unspecified atom stereocenters. The molecule has 0 bridgehead atoms. The van der Waals surface area contributed by atoms with Crippen LogP contribution in [0.3, 0.4) is 0 Å². The Kier molecular flexibility index (Phi) is 8.79. The van der Waals surface area contributed by atoms with Crippen LogP contribution in [0.1, 0.15) is 12.8 Å². The van der Waals surface area contributed by atoms with Gasteiger partial charge < -0.3 is 15.2 Å². The average Bonchev–Trinajstić information content (AvgIpc) is 2.83. The number of hydrogen-bond acceptors (Lipinski definition) is 3. The van der Waals surface area contributed by atoms with E-state index >= 15 is 0 Å². The van der Waals surface area contributed by atoms with Gasteiger partial charge in [-0.15, -0.1) is 24.8 Å². The van der Waals surface area contributed by atoms with Gasteiger partial charge in [-0.2, -0.15) is 0 Å². The Morgan fingerprint density at radius 1 is 1.50 bits per heavy atom. The van der Waals surface area contributed by atoms with Gasteiger partial charge in [0.25, 0.3) is 0 Å². The van der Waals surface area contributed by atoms with Crippen LogP contribution in [-0.2, 0) is 11.3 Å². The van der Waals surface area contributed by atoms with Gasteiger partial charge in [-0.3, -0.25) is 4.79 Å². The van der Waals surface area contributed by atoms with E-state index in [1.54, 1.807) is 12.5 Å². The summed E-state index contributed by atoms with van der Waals surface area (Å²) in [7, 11) is 0. The zero-order valence-electron chi connectivity index (χ0n) is 10.2. The van der Waals surface area contributed by atoms with Crippen molar-refractivity contribution in [3.63, 3.8) is 0 Å². The molecule has 2 heterocycles. The topological polar surface area (TPSA) is 59.0 Å². The smallest absolute Gasteiger partial charge is 0.224 e. The molecule has 0 aliphatic carbocycles. The number of imidazole rings is 1. The van der Waals surface area contributed by atoms with Crippen LogP contribution < -0.4 is 10.6 Å². The standard InChI is InChI=1S/C11H18N4O.2ClH/c16-11(10-2-1-3-12-8-10)14-5-7-15-6-4-13-9-15;;/h4,6,9-10,12H,1-3,5,7-8H2,(H,14,16);2*1H. The fourth-order valence-corrected chi connectivity index (χ4v) is 1.95. The highest BCUT2D eigenvalue weighted by Crippen LogP contribution is 2.09. The SMILES string of the molecule is Cl.Cl.O=C(NCCn1ccnc1)C1CCCNC1. The zero-order chi connectivity index (χ0) is 11.2. The molecule has 1 atom stereocenters. The highest BCUT2D eigenvalue weighted by molar-refractivity contribution is 5.85. The number of carbonyl (C=O) groups excluding carboxylic acids is 1. The molecule has 1 aromatic rings. The van der Waals surface area contributed by atoms with Crippen molar-refractivity contribution >= 4 is 30.7 Å². The highest BCUT2D eigenvalue weighted by Gasteiger charge is 2.19. The zero-order valence-corrected chi connectivity index (χ0v) is 11.8. The van der Waals surface area contributed by atoms with Crippen molar-refractivity contribution in [2.45, 2.75) is 19.4 Å². The van der Waals surface area contributed by atoms with Gasteiger partial charge in [-0.1, -0.05) is 0 Å². The van der Waals surface area contributed by atoms with Crippen molar-refractivity contribution in [2.75, 3.05) is 19.6 Å². The maximum Gasteiger partial charge on any atom is 0.224 e. The van der Waals surface area contributed by atoms with Crippen molar-refractivity contribution in [3.8, 4) is 0 Å². The lowest BCUT2D eigenvalue weighted by Gasteiger charge is -2.21. The molecule has 1 aromatic heterocycles. The fourth-order valence-electron chi connectivity index (χ4n) is 1.95. The van der Waals surface area contributed by atoms with E-state index < -0.39 is 0 Å². The third-order valence-corrected chi connectivity index (χ3v) is 2.90. The Labute approximate surface area is 120 Å². The Morgan fingerprint density at radius 2 is 2.33 bits per heavy atom. The fraction of sp³-hybridized carbons (Fsp3) is 0.636. The van der Waals surface area contributed by atoms with E-state index in [2.05, 4.69) is 15.6 Å². The summed E-state index contributed by atoms with van der Waals surface area (Å²) >= 11 is 0. The summed E-state index contributed by atoms with van der Waals surface area (Å²) in [6.07, 6.45) is 7.50. The van der Waals surface area contributed by atoms with Gasteiger partial charge in [-0.05, 0) is 19.4 Å². The summed E-state index contributed by atoms with van der Waals surface area (Å²) in [5, 5.41) is 6.21. The van der Waals surface area contributed by atoms with Gasteiger partial charge >= 0.3 is 0 Å². The average molecular weight is 295 g/mol. The number of halogens is 2. The van der Waals surface area contributed by atoms with Crippen LogP contribution >= 0.6 is 24.8 Å². The molecule has 104 valence electrons. The molecule has 1 fully saturated rings. The third kappa shape index (κ3) is 5.25. The van der Waals surface area contributed by atoms with Crippen LogP contribution in [0.4, 0.5) is 0 Å². The van der Waals surface area contributed by atoms with Gasteiger partial charge in [0.15, 0.2) is 0 Å². The van der Waals surface area contributed by atoms with Gasteiger partial charge in [0.1, 0.15) is 0 Å². The number of rotatable bonds is 4. The molecule has 1 aliphatic rings. The van der Waals surface area contributed by atoms with E-state index in [1.807, 2.05) is 10.8 Å².